The van der Waals surface area contributed by atoms with E-state index in [2.05, 4.69) is 10.0 Å². The van der Waals surface area contributed by atoms with Crippen molar-refractivity contribution in [1.29, 1.82) is 0 Å². The van der Waals surface area contributed by atoms with Crippen molar-refractivity contribution < 1.29 is 17.9 Å². The highest BCUT2D eigenvalue weighted by molar-refractivity contribution is 7.89. The van der Waals surface area contributed by atoms with Crippen molar-refractivity contribution in [2.24, 2.45) is 5.92 Å². The molecule has 0 saturated heterocycles. The monoisotopic (exact) mass is 300 g/mol. The minimum absolute atomic E-state index is 0.103. The summed E-state index contributed by atoms with van der Waals surface area (Å²) in [5, 5.41) is 2.64. The smallest absolute Gasteiger partial charge is 0.240 e. The van der Waals surface area contributed by atoms with Crippen molar-refractivity contribution in [3.05, 3.63) is 24.3 Å². The van der Waals surface area contributed by atoms with E-state index in [9.17, 15) is 13.2 Å². The van der Waals surface area contributed by atoms with E-state index in [4.69, 9.17) is 4.74 Å². The molecule has 1 aromatic rings. The normalized spacial score (nSPS) is 11.4. The molecule has 6 nitrogen and oxygen atoms in total. The van der Waals surface area contributed by atoms with Gasteiger partial charge in [-0.3, -0.25) is 4.79 Å². The standard InChI is InChI=1S/C13H20N2O4S/c1-10(2)13(16)14-8-9-15-20(17,18)12-6-4-11(19-3)5-7-12/h4-7,10,15H,8-9H2,1-3H3,(H,14,16). The Kier molecular flexibility index (Phi) is 5.97. The van der Waals surface area contributed by atoms with Crippen molar-refractivity contribution in [3.63, 3.8) is 0 Å². The molecule has 112 valence electrons. The summed E-state index contributed by atoms with van der Waals surface area (Å²) < 4.78 is 31.3. The molecule has 0 aliphatic heterocycles. The summed E-state index contributed by atoms with van der Waals surface area (Å²) >= 11 is 0. The number of amides is 1. The van der Waals surface area contributed by atoms with Crippen LogP contribution in [0.25, 0.3) is 0 Å². The largest absolute Gasteiger partial charge is 0.497 e. The average molecular weight is 300 g/mol. The number of nitrogens with one attached hydrogen (secondary N) is 2. The van der Waals surface area contributed by atoms with Gasteiger partial charge in [0.15, 0.2) is 0 Å². The first kappa shape index (κ1) is 16.5. The zero-order valence-electron chi connectivity index (χ0n) is 11.8. The third-order valence-electron chi connectivity index (χ3n) is 2.61. The van der Waals surface area contributed by atoms with Crippen LogP contribution in [0.1, 0.15) is 13.8 Å². The fourth-order valence-corrected chi connectivity index (χ4v) is 2.45. The summed E-state index contributed by atoms with van der Waals surface area (Å²) in [5.74, 6) is 0.370. The fraction of sp³-hybridized carbons (Fsp3) is 0.462. The first-order valence-electron chi connectivity index (χ1n) is 6.28. The van der Waals surface area contributed by atoms with E-state index >= 15 is 0 Å². The summed E-state index contributed by atoms with van der Waals surface area (Å²) in [4.78, 5) is 11.5. The van der Waals surface area contributed by atoms with Gasteiger partial charge in [-0.25, -0.2) is 13.1 Å². The van der Waals surface area contributed by atoms with Crippen LogP contribution in [0.4, 0.5) is 0 Å². The van der Waals surface area contributed by atoms with Crippen LogP contribution in [0.3, 0.4) is 0 Å². The number of sulfonamides is 1. The highest BCUT2D eigenvalue weighted by atomic mass is 32.2. The highest BCUT2D eigenvalue weighted by Crippen LogP contribution is 2.14. The maximum absolute atomic E-state index is 11.9. The van der Waals surface area contributed by atoms with Crippen molar-refractivity contribution in [2.45, 2.75) is 18.7 Å². The Bertz CT molecular complexity index is 538. The van der Waals surface area contributed by atoms with Gasteiger partial charge in [0.05, 0.1) is 12.0 Å². The van der Waals surface area contributed by atoms with Crippen molar-refractivity contribution in [3.8, 4) is 5.75 Å². The highest BCUT2D eigenvalue weighted by Gasteiger charge is 2.13. The van der Waals surface area contributed by atoms with Crippen LogP contribution in [-0.4, -0.2) is 34.5 Å². The lowest BCUT2D eigenvalue weighted by molar-refractivity contribution is -0.123. The lowest BCUT2D eigenvalue weighted by Crippen LogP contribution is -2.36. The molecule has 0 spiro atoms. The Balaban J connectivity index is 2.51. The Hall–Kier alpha value is -1.60. The third-order valence-corrected chi connectivity index (χ3v) is 4.09. The Labute approximate surface area is 119 Å². The van der Waals surface area contributed by atoms with Gasteiger partial charge in [0.1, 0.15) is 5.75 Å². The number of ether oxygens (including phenoxy) is 1. The van der Waals surface area contributed by atoms with Crippen LogP contribution in [0.5, 0.6) is 5.75 Å². The second-order valence-corrected chi connectivity index (χ2v) is 6.29. The van der Waals surface area contributed by atoms with Crippen LogP contribution in [0, 0.1) is 5.92 Å². The molecule has 0 aliphatic carbocycles. The summed E-state index contributed by atoms with van der Waals surface area (Å²) in [6, 6.07) is 6.09. The zero-order chi connectivity index (χ0) is 15.2. The van der Waals surface area contributed by atoms with E-state index in [1.165, 1.54) is 19.2 Å². The van der Waals surface area contributed by atoms with Crippen molar-refractivity contribution in [2.75, 3.05) is 20.2 Å². The molecule has 0 saturated carbocycles. The molecule has 0 aromatic heterocycles. The topological polar surface area (TPSA) is 84.5 Å². The molecular weight excluding hydrogens is 280 g/mol. The number of benzene rings is 1. The van der Waals surface area contributed by atoms with Crippen molar-refractivity contribution in [1.82, 2.24) is 10.0 Å². The molecular formula is C13H20N2O4S. The zero-order valence-corrected chi connectivity index (χ0v) is 12.7. The van der Waals surface area contributed by atoms with E-state index in [0.29, 0.717) is 5.75 Å². The Morgan fingerprint density at radius 3 is 2.30 bits per heavy atom. The van der Waals surface area contributed by atoms with Gasteiger partial charge in [0.2, 0.25) is 15.9 Å². The molecule has 20 heavy (non-hydrogen) atoms. The number of hydrogen-bond acceptors (Lipinski definition) is 4. The fourth-order valence-electron chi connectivity index (χ4n) is 1.41. The third kappa shape index (κ3) is 4.82. The molecule has 0 atom stereocenters. The van der Waals surface area contributed by atoms with Gasteiger partial charge < -0.3 is 10.1 Å². The van der Waals surface area contributed by atoms with Gasteiger partial charge in [-0.2, -0.15) is 0 Å². The van der Waals surface area contributed by atoms with E-state index in [-0.39, 0.29) is 29.8 Å². The SMILES string of the molecule is COc1ccc(S(=O)(=O)NCCNC(=O)C(C)C)cc1. The van der Waals surface area contributed by atoms with Crippen LogP contribution >= 0.6 is 0 Å². The average Bonchev–Trinajstić information content (AvgIpc) is 2.43. The molecule has 0 radical (unpaired) electrons. The van der Waals surface area contributed by atoms with Gasteiger partial charge in [0, 0.05) is 19.0 Å². The second kappa shape index (κ2) is 7.25. The maximum atomic E-state index is 11.9. The quantitative estimate of drug-likeness (QED) is 0.728. The number of rotatable bonds is 7. The number of carbonyl (C=O) groups is 1. The Morgan fingerprint density at radius 2 is 1.80 bits per heavy atom. The summed E-state index contributed by atoms with van der Waals surface area (Å²) in [6.45, 7) is 3.95. The molecule has 2 N–H and O–H groups in total. The lowest BCUT2D eigenvalue weighted by atomic mass is 10.2. The minimum atomic E-state index is -3.56. The molecule has 1 amide bonds. The van der Waals surface area contributed by atoms with E-state index < -0.39 is 10.0 Å². The van der Waals surface area contributed by atoms with E-state index in [1.807, 2.05) is 0 Å². The van der Waals surface area contributed by atoms with Crippen LogP contribution < -0.4 is 14.8 Å². The van der Waals surface area contributed by atoms with Crippen LogP contribution in [0.2, 0.25) is 0 Å². The lowest BCUT2D eigenvalue weighted by Gasteiger charge is -2.09. The maximum Gasteiger partial charge on any atom is 0.240 e. The molecule has 1 rings (SSSR count). The molecule has 0 aliphatic rings. The number of hydrogen-bond donors (Lipinski definition) is 2. The molecule has 7 heteroatoms. The molecule has 0 heterocycles. The number of methoxy groups -OCH3 is 1. The first-order chi connectivity index (χ1) is 9.36. The minimum Gasteiger partial charge on any atom is -0.497 e. The summed E-state index contributed by atoms with van der Waals surface area (Å²) in [7, 11) is -2.05. The molecule has 1 aromatic carbocycles. The van der Waals surface area contributed by atoms with Gasteiger partial charge >= 0.3 is 0 Å². The molecule has 0 fully saturated rings. The molecule has 0 unspecified atom stereocenters. The predicted octanol–water partition coefficient (Wildman–Crippen LogP) is 0.746. The van der Waals surface area contributed by atoms with Gasteiger partial charge in [0.25, 0.3) is 0 Å². The molecule has 0 bridgehead atoms. The predicted molar refractivity (Wildman–Crippen MR) is 76.0 cm³/mol. The van der Waals surface area contributed by atoms with E-state index in [1.54, 1.807) is 26.0 Å². The van der Waals surface area contributed by atoms with Crippen molar-refractivity contribution >= 4 is 15.9 Å². The van der Waals surface area contributed by atoms with Gasteiger partial charge in [-0.15, -0.1) is 0 Å². The van der Waals surface area contributed by atoms with Gasteiger partial charge in [-0.05, 0) is 24.3 Å². The Morgan fingerprint density at radius 1 is 1.20 bits per heavy atom. The van der Waals surface area contributed by atoms with Crippen LogP contribution in [0.15, 0.2) is 29.2 Å². The van der Waals surface area contributed by atoms with E-state index in [0.717, 1.165) is 0 Å². The summed E-state index contributed by atoms with van der Waals surface area (Å²) in [6.07, 6.45) is 0. The number of carbonyl (C=O) groups excluding carboxylic acids is 1. The summed E-state index contributed by atoms with van der Waals surface area (Å²) in [5.41, 5.74) is 0. The van der Waals surface area contributed by atoms with Gasteiger partial charge in [-0.1, -0.05) is 13.8 Å². The second-order valence-electron chi connectivity index (χ2n) is 4.52. The first-order valence-corrected chi connectivity index (χ1v) is 7.76. The van der Waals surface area contributed by atoms with Crippen LogP contribution in [-0.2, 0) is 14.8 Å².